The third kappa shape index (κ3) is 12.8. The van der Waals surface area contributed by atoms with Gasteiger partial charge in [0.25, 0.3) is 11.8 Å². The van der Waals surface area contributed by atoms with Crippen molar-refractivity contribution in [2.45, 2.75) is 56.2 Å². The molecule has 0 saturated heterocycles. The van der Waals surface area contributed by atoms with Gasteiger partial charge in [0.15, 0.2) is 0 Å². The molecule has 6 N–H and O–H groups in total. The van der Waals surface area contributed by atoms with Crippen LogP contribution >= 0.6 is 11.8 Å². The Hall–Kier alpha value is -7.95. The largest absolute Gasteiger partial charge is 0.497 e. The molecule has 0 radical (unpaired) electrons. The van der Waals surface area contributed by atoms with E-state index in [0.717, 1.165) is 35.6 Å². The molecule has 16 heteroatoms. The number of carbonyl (C=O) groups excluding carboxylic acids is 3. The highest BCUT2D eigenvalue weighted by Gasteiger charge is 2.18. The summed E-state index contributed by atoms with van der Waals surface area (Å²) in [5.41, 5.74) is 3.02. The maximum atomic E-state index is 12.9. The van der Waals surface area contributed by atoms with Gasteiger partial charge in [-0.25, -0.2) is 14.6 Å². The third-order valence-corrected chi connectivity index (χ3v) is 10.6. The lowest BCUT2D eigenvalue weighted by Gasteiger charge is -2.10. The number of ether oxygens (including phenoxy) is 1. The van der Waals surface area contributed by atoms with E-state index in [1.165, 1.54) is 42.6 Å². The molecule has 63 heavy (non-hydrogen) atoms. The molecule has 2 aromatic heterocycles. The van der Waals surface area contributed by atoms with Gasteiger partial charge in [-0.2, -0.15) is 10.5 Å². The number of rotatable bonds is 16. The van der Waals surface area contributed by atoms with Crippen LogP contribution in [-0.2, 0) is 11.2 Å². The van der Waals surface area contributed by atoms with Crippen molar-refractivity contribution in [2.75, 3.05) is 23.1 Å². The second kappa shape index (κ2) is 22.1. The van der Waals surface area contributed by atoms with Gasteiger partial charge in [-0.05, 0) is 97.6 Å². The number of benzene rings is 4. The van der Waals surface area contributed by atoms with Crippen LogP contribution in [0, 0.1) is 22.7 Å². The number of H-pyrrole nitrogens is 1. The summed E-state index contributed by atoms with van der Waals surface area (Å²) in [7, 11) is 1.62. The number of hydrogen-bond acceptors (Lipinski definition) is 10. The Morgan fingerprint density at radius 3 is 1.98 bits per heavy atom. The summed E-state index contributed by atoms with van der Waals surface area (Å²) in [5.74, 6) is -2.85. The van der Waals surface area contributed by atoms with Crippen LogP contribution in [0.15, 0.2) is 108 Å². The number of nitrogens with one attached hydrogen (secondary N) is 4. The van der Waals surface area contributed by atoms with Gasteiger partial charge in [0.2, 0.25) is 5.91 Å². The molecule has 0 bridgehead atoms. The Bertz CT molecular complexity index is 2720. The van der Waals surface area contributed by atoms with E-state index in [0.29, 0.717) is 40.2 Å². The highest BCUT2D eigenvalue weighted by Crippen LogP contribution is 2.27. The number of nitriles is 2. The molecule has 0 aliphatic carbocycles. The number of aryl methyl sites for hydroxylation is 1. The number of aromatic amines is 1. The maximum absolute atomic E-state index is 12.9. The van der Waals surface area contributed by atoms with E-state index in [9.17, 15) is 34.2 Å². The number of methoxy groups -OCH3 is 1. The van der Waals surface area contributed by atoms with Gasteiger partial charge < -0.3 is 35.9 Å². The highest BCUT2D eigenvalue weighted by atomic mass is 32.2. The predicted molar refractivity (Wildman–Crippen MR) is 239 cm³/mol. The van der Waals surface area contributed by atoms with E-state index in [1.807, 2.05) is 36.4 Å². The number of hydrogen-bond donors (Lipinski definition) is 6. The molecule has 0 fully saturated rings. The zero-order chi connectivity index (χ0) is 45.5. The Kier molecular flexibility index (Phi) is 16.1. The predicted octanol–water partition coefficient (Wildman–Crippen LogP) is 9.14. The third-order valence-electron chi connectivity index (χ3n) is 9.47. The number of carboxylic acids is 2. The lowest BCUT2D eigenvalue weighted by atomic mass is 10.1. The Labute approximate surface area is 367 Å². The summed E-state index contributed by atoms with van der Waals surface area (Å²) >= 11 is 1.65. The summed E-state index contributed by atoms with van der Waals surface area (Å²) in [5, 5.41) is 46.6. The number of amides is 3. The number of aromatic carboxylic acids is 2. The highest BCUT2D eigenvalue weighted by molar-refractivity contribution is 7.99. The summed E-state index contributed by atoms with van der Waals surface area (Å²) in [4.78, 5) is 68.0. The quantitative estimate of drug-likeness (QED) is 0.0499. The number of carbonyl (C=O) groups is 5. The molecule has 0 spiro atoms. The summed E-state index contributed by atoms with van der Waals surface area (Å²) in [6, 6.07) is 29.9. The normalized spacial score (nSPS) is 10.9. The molecular formula is C47H43N7O8S. The molecule has 4 aromatic carbocycles. The Balaban J connectivity index is 0.000000253. The maximum Gasteiger partial charge on any atom is 0.337 e. The molecule has 3 amide bonds. The van der Waals surface area contributed by atoms with Gasteiger partial charge in [0.1, 0.15) is 11.4 Å². The fourth-order valence-electron chi connectivity index (χ4n) is 6.28. The number of nitrogens with zero attached hydrogens (tertiary/aromatic N) is 3. The molecule has 1 atom stereocenters. The van der Waals surface area contributed by atoms with E-state index in [-0.39, 0.29) is 45.2 Å². The van der Waals surface area contributed by atoms with Gasteiger partial charge in [-0.1, -0.05) is 44.5 Å². The lowest BCUT2D eigenvalue weighted by molar-refractivity contribution is -0.116. The Morgan fingerprint density at radius 2 is 1.43 bits per heavy atom. The molecule has 0 aliphatic rings. The second-order valence-electron chi connectivity index (χ2n) is 14.1. The van der Waals surface area contributed by atoms with Gasteiger partial charge in [0.05, 0.1) is 74.7 Å². The van der Waals surface area contributed by atoms with Crippen molar-refractivity contribution in [3.63, 3.8) is 0 Å². The molecule has 1 unspecified atom stereocenters. The minimum absolute atomic E-state index is 0.0699. The number of pyridine rings is 1. The number of fused-ring (bicyclic) bond motifs is 1. The van der Waals surface area contributed by atoms with Crippen LogP contribution in [0.2, 0.25) is 0 Å². The van der Waals surface area contributed by atoms with Gasteiger partial charge in [-0.3, -0.25) is 14.4 Å². The number of thioether (sulfide) groups is 1. The van der Waals surface area contributed by atoms with E-state index in [1.54, 1.807) is 55.3 Å². The minimum atomic E-state index is -1.26. The number of para-hydroxylation sites is 1. The summed E-state index contributed by atoms with van der Waals surface area (Å²) in [6.07, 6.45) is 5.41. The van der Waals surface area contributed by atoms with Crippen LogP contribution in [0.3, 0.4) is 0 Å². The van der Waals surface area contributed by atoms with Crippen LogP contribution in [0.25, 0.3) is 10.9 Å². The molecular weight excluding hydrogens is 823 g/mol. The van der Waals surface area contributed by atoms with Crippen molar-refractivity contribution in [2.24, 2.45) is 0 Å². The van der Waals surface area contributed by atoms with Crippen molar-refractivity contribution in [1.82, 2.24) is 9.97 Å². The van der Waals surface area contributed by atoms with E-state index in [4.69, 9.17) is 15.3 Å². The van der Waals surface area contributed by atoms with Crippen LogP contribution in [0.4, 0.5) is 17.1 Å². The van der Waals surface area contributed by atoms with Crippen LogP contribution < -0.4 is 20.7 Å². The second-order valence-corrected chi connectivity index (χ2v) is 15.5. The number of carboxylic acid groups (broad SMARTS) is 2. The van der Waals surface area contributed by atoms with Crippen LogP contribution in [0.5, 0.6) is 5.75 Å². The number of aromatic nitrogens is 2. The van der Waals surface area contributed by atoms with E-state index < -0.39 is 23.8 Å². The van der Waals surface area contributed by atoms with Gasteiger partial charge in [-0.15, -0.1) is 11.8 Å². The average molecular weight is 866 g/mol. The van der Waals surface area contributed by atoms with Crippen molar-refractivity contribution in [1.29, 1.82) is 10.5 Å². The average Bonchev–Trinajstić information content (AvgIpc) is 3.73. The van der Waals surface area contributed by atoms with Crippen LogP contribution in [0.1, 0.15) is 97.8 Å². The molecule has 0 saturated carbocycles. The van der Waals surface area contributed by atoms with Crippen molar-refractivity contribution in [3.8, 4) is 17.9 Å². The van der Waals surface area contributed by atoms with Crippen LogP contribution in [-0.4, -0.2) is 62.2 Å². The van der Waals surface area contributed by atoms with Crippen molar-refractivity contribution >= 4 is 69.4 Å². The topological polar surface area (TPSA) is 247 Å². The molecule has 6 rings (SSSR count). The molecule has 15 nitrogen and oxygen atoms in total. The van der Waals surface area contributed by atoms with Crippen molar-refractivity contribution < 1.29 is 38.9 Å². The first-order chi connectivity index (χ1) is 30.3. The number of anilines is 3. The minimum Gasteiger partial charge on any atom is -0.497 e. The van der Waals surface area contributed by atoms with E-state index in [2.05, 4.69) is 39.8 Å². The standard InChI is InChI=1S/C28H24N4O5.C19H19N3O3S/c1-37-20-11-8-17(9-12-20)4-2-7-25(33)30-23-6-3-5-19-15-24(31-26(19)23)27(34)32-22-13-10-18(16-29)14-21(22)28(35)36;1-3-4-12(2)26-17-8-6-14(11-21-17)18(23)22-16-7-5-13(10-20)9-15(16)19(24)25/h3,5-6,8-15,31H,2,4,7H2,1H3,(H,30,33)(H,32,34)(H,35,36);5-9,11-12H,3-4H2,1-2H3,(H,22,23)(H,24,25). The van der Waals surface area contributed by atoms with Crippen molar-refractivity contribution in [3.05, 3.63) is 142 Å². The molecule has 6 aromatic rings. The Morgan fingerprint density at radius 1 is 0.794 bits per heavy atom. The zero-order valence-corrected chi connectivity index (χ0v) is 35.3. The van der Waals surface area contributed by atoms with Gasteiger partial charge >= 0.3 is 11.9 Å². The smallest absolute Gasteiger partial charge is 0.337 e. The van der Waals surface area contributed by atoms with E-state index >= 15 is 0 Å². The first-order valence-electron chi connectivity index (χ1n) is 19.7. The first kappa shape index (κ1) is 46.1. The monoisotopic (exact) mass is 865 g/mol. The molecule has 2 heterocycles. The SMILES string of the molecule is CCCC(C)Sc1ccc(C(=O)Nc2ccc(C#N)cc2C(=O)O)cn1.COc1ccc(CCCC(=O)Nc2cccc3cc(C(=O)Nc4ccc(C#N)cc4C(=O)O)[nH]c23)cc1. The fraction of sp³-hybridized carbons (Fsp3) is 0.191. The zero-order valence-electron chi connectivity index (χ0n) is 34.5. The molecule has 0 aliphatic heterocycles. The lowest BCUT2D eigenvalue weighted by Crippen LogP contribution is -2.15. The molecule has 320 valence electrons. The first-order valence-corrected chi connectivity index (χ1v) is 20.5. The van der Waals surface area contributed by atoms with Gasteiger partial charge in [0, 0.05) is 23.3 Å². The summed E-state index contributed by atoms with van der Waals surface area (Å²) < 4.78 is 5.16. The summed E-state index contributed by atoms with van der Waals surface area (Å²) in [6.45, 7) is 4.27. The fourth-order valence-corrected chi connectivity index (χ4v) is 7.31.